The van der Waals surface area contributed by atoms with E-state index >= 15 is 0 Å². The van der Waals surface area contributed by atoms with Crippen LogP contribution in [0.1, 0.15) is 5.56 Å². The maximum Gasteiger partial charge on any atom is 0.330 e. The highest BCUT2D eigenvalue weighted by atomic mass is 16.2. The number of nitrogen functional groups attached to an aromatic ring is 1. The monoisotopic (exact) mass is 218 g/mol. The topological polar surface area (TPSA) is 93.8 Å². The Labute approximate surface area is 90.4 Å². The van der Waals surface area contributed by atoms with Crippen LogP contribution in [-0.2, 0) is 6.54 Å². The summed E-state index contributed by atoms with van der Waals surface area (Å²) in [4.78, 5) is 28.5. The van der Waals surface area contributed by atoms with Crippen LogP contribution >= 0.6 is 0 Å². The molecule has 6 nitrogen and oxygen atoms in total. The number of aromatic amines is 1. The molecule has 0 fully saturated rings. The molecule has 0 radical (unpaired) electrons. The summed E-state index contributed by atoms with van der Waals surface area (Å²) in [5.41, 5.74) is 5.41. The number of nitrogens with one attached hydrogen (secondary N) is 1. The summed E-state index contributed by atoms with van der Waals surface area (Å²) < 4.78 is 1.28. The average Bonchev–Trinajstić information content (AvgIpc) is 2.25. The summed E-state index contributed by atoms with van der Waals surface area (Å²) in [7, 11) is 0. The van der Waals surface area contributed by atoms with Crippen LogP contribution in [-0.4, -0.2) is 14.5 Å². The van der Waals surface area contributed by atoms with Gasteiger partial charge in [0.1, 0.15) is 5.82 Å². The summed E-state index contributed by atoms with van der Waals surface area (Å²) in [6.45, 7) is 0.287. The number of anilines is 1. The van der Waals surface area contributed by atoms with Gasteiger partial charge in [-0.3, -0.25) is 19.3 Å². The Morgan fingerprint density at radius 2 is 2.25 bits per heavy atom. The van der Waals surface area contributed by atoms with Crippen molar-refractivity contribution < 1.29 is 0 Å². The van der Waals surface area contributed by atoms with Crippen LogP contribution in [0.5, 0.6) is 0 Å². The smallest absolute Gasteiger partial charge is 0.330 e. The lowest BCUT2D eigenvalue weighted by Gasteiger charge is -2.07. The Balaban J connectivity index is 2.43. The van der Waals surface area contributed by atoms with Crippen LogP contribution in [0, 0.1) is 0 Å². The molecular weight excluding hydrogens is 208 g/mol. The molecule has 2 heterocycles. The fourth-order valence-corrected chi connectivity index (χ4v) is 1.38. The Morgan fingerprint density at radius 3 is 2.88 bits per heavy atom. The molecule has 16 heavy (non-hydrogen) atoms. The van der Waals surface area contributed by atoms with Crippen molar-refractivity contribution in [3.63, 3.8) is 0 Å². The van der Waals surface area contributed by atoms with Crippen molar-refractivity contribution >= 4 is 5.82 Å². The third-order valence-electron chi connectivity index (χ3n) is 2.13. The Hall–Kier alpha value is -2.37. The van der Waals surface area contributed by atoms with Crippen LogP contribution in [0.4, 0.5) is 5.82 Å². The molecule has 3 N–H and O–H groups in total. The Morgan fingerprint density at radius 1 is 1.44 bits per heavy atom. The first-order valence-corrected chi connectivity index (χ1v) is 4.65. The molecule has 0 saturated heterocycles. The van der Waals surface area contributed by atoms with Gasteiger partial charge in [0.15, 0.2) is 0 Å². The van der Waals surface area contributed by atoms with Crippen molar-refractivity contribution in [3.05, 3.63) is 57.0 Å². The molecule has 6 heteroatoms. The maximum atomic E-state index is 11.5. The van der Waals surface area contributed by atoms with Gasteiger partial charge in [0, 0.05) is 18.5 Å². The molecule has 0 spiro atoms. The van der Waals surface area contributed by atoms with E-state index in [1.165, 1.54) is 10.6 Å². The second kappa shape index (κ2) is 4.01. The normalized spacial score (nSPS) is 10.2. The number of nitrogens with two attached hydrogens (primary N) is 1. The molecule has 0 atom stereocenters. The van der Waals surface area contributed by atoms with Gasteiger partial charge in [0.2, 0.25) is 0 Å². The summed E-state index contributed by atoms with van der Waals surface area (Å²) in [6.07, 6.45) is 3.28. The van der Waals surface area contributed by atoms with Crippen LogP contribution < -0.4 is 17.0 Å². The van der Waals surface area contributed by atoms with Crippen LogP contribution in [0.25, 0.3) is 0 Å². The van der Waals surface area contributed by atoms with Crippen molar-refractivity contribution in [3.8, 4) is 0 Å². The minimum absolute atomic E-state index is 0.137. The van der Waals surface area contributed by atoms with Crippen molar-refractivity contribution in [2.45, 2.75) is 6.54 Å². The first kappa shape index (κ1) is 10.2. The SMILES string of the molecule is Nc1cc(=O)[nH]c(=O)n1Cc1cccnc1. The zero-order valence-corrected chi connectivity index (χ0v) is 8.38. The average molecular weight is 218 g/mol. The lowest BCUT2D eigenvalue weighted by molar-refractivity contribution is 0.730. The predicted molar refractivity (Wildman–Crippen MR) is 59.1 cm³/mol. The highest BCUT2D eigenvalue weighted by molar-refractivity contribution is 5.27. The number of nitrogens with zero attached hydrogens (tertiary/aromatic N) is 2. The quantitative estimate of drug-likeness (QED) is 0.714. The number of pyridine rings is 1. The molecule has 0 saturated carbocycles. The molecule has 0 aromatic carbocycles. The van der Waals surface area contributed by atoms with Gasteiger partial charge in [-0.1, -0.05) is 6.07 Å². The number of hydrogen-bond donors (Lipinski definition) is 2. The molecule has 0 bridgehead atoms. The fourth-order valence-electron chi connectivity index (χ4n) is 1.38. The summed E-state index contributed by atoms with van der Waals surface area (Å²) in [5, 5.41) is 0. The molecular formula is C10H10N4O2. The lowest BCUT2D eigenvalue weighted by atomic mass is 10.3. The number of H-pyrrole nitrogens is 1. The van der Waals surface area contributed by atoms with E-state index in [1.54, 1.807) is 18.5 Å². The van der Waals surface area contributed by atoms with Crippen molar-refractivity contribution in [2.24, 2.45) is 0 Å². The van der Waals surface area contributed by atoms with Gasteiger partial charge in [0.05, 0.1) is 6.54 Å². The Bertz CT molecular complexity index is 600. The molecule has 2 aromatic rings. The van der Waals surface area contributed by atoms with Gasteiger partial charge in [-0.25, -0.2) is 4.79 Å². The highest BCUT2D eigenvalue weighted by Gasteiger charge is 2.03. The van der Waals surface area contributed by atoms with Crippen molar-refractivity contribution in [1.29, 1.82) is 0 Å². The van der Waals surface area contributed by atoms with Crippen LogP contribution in [0.15, 0.2) is 40.2 Å². The first-order chi connectivity index (χ1) is 7.66. The van der Waals surface area contributed by atoms with Gasteiger partial charge in [-0.05, 0) is 11.6 Å². The van der Waals surface area contributed by atoms with E-state index in [1.807, 2.05) is 6.07 Å². The van der Waals surface area contributed by atoms with Gasteiger partial charge in [-0.2, -0.15) is 0 Å². The molecule has 0 unspecified atom stereocenters. The van der Waals surface area contributed by atoms with E-state index in [2.05, 4.69) is 9.97 Å². The molecule has 0 aliphatic rings. The molecule has 2 aromatic heterocycles. The largest absolute Gasteiger partial charge is 0.385 e. The van der Waals surface area contributed by atoms with Crippen molar-refractivity contribution in [1.82, 2.24) is 14.5 Å². The van der Waals surface area contributed by atoms with Gasteiger partial charge in [-0.15, -0.1) is 0 Å². The zero-order chi connectivity index (χ0) is 11.5. The highest BCUT2D eigenvalue weighted by Crippen LogP contribution is 2.01. The standard InChI is InChI=1S/C10H10N4O2/c11-8-4-9(15)13-10(16)14(8)6-7-2-1-3-12-5-7/h1-5H,6,11H2,(H,13,15,16). The number of hydrogen-bond acceptors (Lipinski definition) is 4. The van der Waals surface area contributed by atoms with E-state index in [0.717, 1.165) is 5.56 Å². The van der Waals surface area contributed by atoms with Gasteiger partial charge >= 0.3 is 5.69 Å². The summed E-state index contributed by atoms with van der Waals surface area (Å²) >= 11 is 0. The third-order valence-corrected chi connectivity index (χ3v) is 2.13. The maximum absolute atomic E-state index is 11.5. The van der Waals surface area contributed by atoms with Crippen LogP contribution in [0.3, 0.4) is 0 Å². The van der Waals surface area contributed by atoms with E-state index in [0.29, 0.717) is 0 Å². The predicted octanol–water partition coefficient (Wildman–Crippen LogP) is -0.438. The third kappa shape index (κ3) is 2.00. The zero-order valence-electron chi connectivity index (χ0n) is 8.38. The molecule has 2 rings (SSSR count). The second-order valence-corrected chi connectivity index (χ2v) is 3.31. The molecule has 0 amide bonds. The van der Waals surface area contributed by atoms with E-state index < -0.39 is 11.2 Å². The van der Waals surface area contributed by atoms with Crippen LogP contribution in [0.2, 0.25) is 0 Å². The molecule has 0 aliphatic carbocycles. The summed E-state index contributed by atoms with van der Waals surface area (Å²) in [5.74, 6) is 0.137. The van der Waals surface area contributed by atoms with Gasteiger partial charge in [0.25, 0.3) is 5.56 Å². The van der Waals surface area contributed by atoms with Crippen molar-refractivity contribution in [2.75, 3.05) is 5.73 Å². The number of rotatable bonds is 2. The lowest BCUT2D eigenvalue weighted by Crippen LogP contribution is -2.31. The van der Waals surface area contributed by atoms with E-state index in [4.69, 9.17) is 5.73 Å². The Kier molecular flexibility index (Phi) is 2.55. The number of aromatic nitrogens is 3. The van der Waals surface area contributed by atoms with Gasteiger partial charge < -0.3 is 5.73 Å². The summed E-state index contributed by atoms with van der Waals surface area (Å²) in [6, 6.07) is 4.77. The second-order valence-electron chi connectivity index (χ2n) is 3.31. The minimum atomic E-state index is -0.520. The van der Waals surface area contributed by atoms with E-state index in [-0.39, 0.29) is 12.4 Å². The minimum Gasteiger partial charge on any atom is -0.385 e. The molecule has 0 aliphatic heterocycles. The van der Waals surface area contributed by atoms with E-state index in [9.17, 15) is 9.59 Å². The molecule has 82 valence electrons. The fraction of sp³-hybridized carbons (Fsp3) is 0.100. The first-order valence-electron chi connectivity index (χ1n) is 4.65.